The lowest BCUT2D eigenvalue weighted by Crippen LogP contribution is -2.58. The van der Waals surface area contributed by atoms with E-state index in [4.69, 9.17) is 9.47 Å². The molecule has 0 spiro atoms. The average Bonchev–Trinajstić information content (AvgIpc) is 3.47. The quantitative estimate of drug-likeness (QED) is 0.152. The minimum absolute atomic E-state index is 0.229. The van der Waals surface area contributed by atoms with Gasteiger partial charge in [-0.1, -0.05) is 93.7 Å². The number of carbonyl (C=O) groups is 3. The zero-order valence-corrected chi connectivity index (χ0v) is 29.1. The molecule has 2 amide bonds. The first-order chi connectivity index (χ1) is 23.8. The average molecular weight is 664 g/mol. The molecule has 1 aromatic heterocycles. The molecule has 1 aliphatic heterocycles. The zero-order chi connectivity index (χ0) is 34.4. The molecule has 3 aliphatic rings. The molecule has 8 heteroatoms. The Morgan fingerprint density at radius 3 is 2.57 bits per heavy atom. The Morgan fingerprint density at radius 2 is 1.86 bits per heavy atom. The molecule has 49 heavy (non-hydrogen) atoms. The van der Waals surface area contributed by atoms with Gasteiger partial charge in [0, 0.05) is 11.5 Å². The van der Waals surface area contributed by atoms with Gasteiger partial charge in [0.2, 0.25) is 5.91 Å². The van der Waals surface area contributed by atoms with E-state index in [0.29, 0.717) is 49.8 Å². The predicted molar refractivity (Wildman–Crippen MR) is 194 cm³/mol. The van der Waals surface area contributed by atoms with E-state index in [-0.39, 0.29) is 23.8 Å². The highest BCUT2D eigenvalue weighted by Gasteiger charge is 2.37. The highest BCUT2D eigenvalue weighted by Crippen LogP contribution is 2.48. The molecule has 1 fully saturated rings. The summed E-state index contributed by atoms with van der Waals surface area (Å²) in [5, 5.41) is 7.45. The van der Waals surface area contributed by atoms with E-state index < -0.39 is 5.54 Å². The monoisotopic (exact) mass is 663 g/mol. The lowest BCUT2D eigenvalue weighted by atomic mass is 9.81. The summed E-state index contributed by atoms with van der Waals surface area (Å²) in [6.45, 7) is 7.17. The molecule has 3 aromatic rings. The molecular formula is C41H49N3O5. The van der Waals surface area contributed by atoms with Crippen molar-refractivity contribution in [3.05, 3.63) is 89.5 Å². The number of benzene rings is 2. The summed E-state index contributed by atoms with van der Waals surface area (Å²) in [5.74, 6) is 0.136. The maximum absolute atomic E-state index is 14.2. The van der Waals surface area contributed by atoms with Crippen LogP contribution in [0.5, 0.6) is 5.75 Å². The maximum atomic E-state index is 14.2. The second kappa shape index (κ2) is 15.3. The van der Waals surface area contributed by atoms with Gasteiger partial charge in [-0.25, -0.2) is 4.79 Å². The molecule has 2 N–H and O–H groups in total. The summed E-state index contributed by atoms with van der Waals surface area (Å²) in [4.78, 5) is 39.8. The van der Waals surface area contributed by atoms with E-state index in [9.17, 15) is 14.4 Å². The number of carbonyl (C=O) groups excluding carboxylic acids is 3. The third-order valence-corrected chi connectivity index (χ3v) is 10.1. The van der Waals surface area contributed by atoms with Crippen LogP contribution in [0.1, 0.15) is 100 Å². The van der Waals surface area contributed by atoms with Crippen LogP contribution in [0, 0.1) is 0 Å². The van der Waals surface area contributed by atoms with Crippen LogP contribution in [-0.2, 0) is 20.9 Å². The SMILES string of the molecule is CCCCC(C)(NC(=O)c1ccc2c(C3CCCCC3)c(-c3ccccc3)n3c2c1OCC3)C(=O)NC1C=CC(/C=C/C(=O)OCC)=CC1. The Kier molecular flexibility index (Phi) is 10.7. The van der Waals surface area contributed by atoms with E-state index in [1.807, 2.05) is 31.2 Å². The van der Waals surface area contributed by atoms with Crippen molar-refractivity contribution in [3.63, 3.8) is 0 Å². The van der Waals surface area contributed by atoms with Crippen LogP contribution >= 0.6 is 0 Å². The van der Waals surface area contributed by atoms with Gasteiger partial charge in [0.05, 0.1) is 36.0 Å². The summed E-state index contributed by atoms with van der Waals surface area (Å²) >= 11 is 0. The second-order valence-electron chi connectivity index (χ2n) is 13.7. The van der Waals surface area contributed by atoms with Crippen molar-refractivity contribution in [2.75, 3.05) is 13.2 Å². The normalized spacial score (nSPS) is 18.8. The summed E-state index contributed by atoms with van der Waals surface area (Å²) < 4.78 is 13.7. The van der Waals surface area contributed by atoms with Gasteiger partial charge in [0.1, 0.15) is 12.1 Å². The third kappa shape index (κ3) is 7.38. The molecular weight excluding hydrogens is 614 g/mol. The molecule has 2 atom stereocenters. The van der Waals surface area contributed by atoms with Gasteiger partial charge in [-0.05, 0) is 74.3 Å². The lowest BCUT2D eigenvalue weighted by Gasteiger charge is -2.32. The van der Waals surface area contributed by atoms with Gasteiger partial charge in [0.25, 0.3) is 5.91 Å². The fourth-order valence-corrected chi connectivity index (χ4v) is 7.57. The zero-order valence-electron chi connectivity index (χ0n) is 29.1. The fourth-order valence-electron chi connectivity index (χ4n) is 7.57. The van der Waals surface area contributed by atoms with E-state index in [1.54, 1.807) is 13.0 Å². The van der Waals surface area contributed by atoms with Crippen molar-refractivity contribution in [3.8, 4) is 17.0 Å². The predicted octanol–water partition coefficient (Wildman–Crippen LogP) is 7.92. The Morgan fingerprint density at radius 1 is 1.06 bits per heavy atom. The van der Waals surface area contributed by atoms with Crippen LogP contribution in [0.2, 0.25) is 0 Å². The molecule has 258 valence electrons. The van der Waals surface area contributed by atoms with E-state index in [2.05, 4.69) is 58.5 Å². The number of hydrogen-bond acceptors (Lipinski definition) is 5. The Hall–Kier alpha value is -4.59. The van der Waals surface area contributed by atoms with Crippen LogP contribution in [0.3, 0.4) is 0 Å². The highest BCUT2D eigenvalue weighted by molar-refractivity contribution is 6.07. The van der Waals surface area contributed by atoms with Gasteiger partial charge < -0.3 is 24.7 Å². The molecule has 0 radical (unpaired) electrons. The van der Waals surface area contributed by atoms with Crippen LogP contribution in [-0.4, -0.2) is 47.1 Å². The van der Waals surface area contributed by atoms with Crippen molar-refractivity contribution in [2.24, 2.45) is 0 Å². The summed E-state index contributed by atoms with van der Waals surface area (Å²) in [5.41, 5.74) is 4.98. The number of amides is 2. The number of ether oxygens (including phenoxy) is 2. The highest BCUT2D eigenvalue weighted by atomic mass is 16.5. The van der Waals surface area contributed by atoms with Gasteiger partial charge in [-0.15, -0.1) is 0 Å². The number of nitrogens with one attached hydrogen (secondary N) is 2. The van der Waals surface area contributed by atoms with Crippen molar-refractivity contribution in [2.45, 2.75) is 103 Å². The lowest BCUT2D eigenvalue weighted by molar-refractivity contribution is -0.137. The Labute approximate surface area is 289 Å². The fraction of sp³-hybridized carbons (Fsp3) is 0.439. The van der Waals surface area contributed by atoms with Gasteiger partial charge in [0.15, 0.2) is 5.75 Å². The molecule has 2 heterocycles. The van der Waals surface area contributed by atoms with Crippen molar-refractivity contribution >= 4 is 28.7 Å². The largest absolute Gasteiger partial charge is 0.489 e. The van der Waals surface area contributed by atoms with Crippen LogP contribution in [0.4, 0.5) is 0 Å². The standard InChI is InChI=1S/C41H49N3O5/c1-4-6-25-41(3,40(47)42-31-20-17-28(18-21-31)19-24-34(45)48-5-2)43-39(46)33-23-22-32-35(29-13-9-7-10-14-29)36(30-15-11-8-12-16-30)44-26-27-49-38(33)37(32)44/h8,11-12,15-20,22-24,29,31H,4-7,9-10,13-14,21,25-27H2,1-3H3,(H,42,47)(H,43,46)/b24-19+. The summed E-state index contributed by atoms with van der Waals surface area (Å²) in [7, 11) is 0. The summed E-state index contributed by atoms with van der Waals surface area (Å²) in [6.07, 6.45) is 17.7. The van der Waals surface area contributed by atoms with Gasteiger partial charge in [-0.2, -0.15) is 0 Å². The first kappa shape index (κ1) is 34.3. The molecule has 2 unspecified atom stereocenters. The molecule has 8 nitrogen and oxygen atoms in total. The van der Waals surface area contributed by atoms with Crippen LogP contribution in [0.25, 0.3) is 22.2 Å². The number of nitrogens with zero attached hydrogens (tertiary/aromatic N) is 1. The van der Waals surface area contributed by atoms with Gasteiger partial charge >= 0.3 is 5.97 Å². The Balaban J connectivity index is 1.27. The minimum Gasteiger partial charge on any atom is -0.489 e. The van der Waals surface area contributed by atoms with Crippen LogP contribution < -0.4 is 15.4 Å². The van der Waals surface area contributed by atoms with Gasteiger partial charge in [-0.3, -0.25) is 9.59 Å². The maximum Gasteiger partial charge on any atom is 0.330 e. The van der Waals surface area contributed by atoms with Crippen LogP contribution in [0.15, 0.2) is 78.4 Å². The minimum atomic E-state index is -1.13. The number of allylic oxidation sites excluding steroid dienone is 3. The first-order valence-electron chi connectivity index (χ1n) is 18.1. The third-order valence-electron chi connectivity index (χ3n) is 10.1. The molecule has 0 bridgehead atoms. The van der Waals surface area contributed by atoms with E-state index in [1.165, 1.54) is 55.0 Å². The Bertz CT molecular complexity index is 1780. The molecule has 0 saturated heterocycles. The molecule has 2 aliphatic carbocycles. The number of rotatable bonds is 12. The molecule has 2 aromatic carbocycles. The van der Waals surface area contributed by atoms with Crippen molar-refractivity contribution in [1.82, 2.24) is 15.2 Å². The molecule has 1 saturated carbocycles. The summed E-state index contributed by atoms with van der Waals surface area (Å²) in [6, 6.07) is 14.4. The number of aromatic nitrogens is 1. The molecule has 6 rings (SSSR count). The second-order valence-corrected chi connectivity index (χ2v) is 13.7. The number of hydrogen-bond donors (Lipinski definition) is 2. The van der Waals surface area contributed by atoms with E-state index >= 15 is 0 Å². The van der Waals surface area contributed by atoms with E-state index in [0.717, 1.165) is 29.3 Å². The first-order valence-corrected chi connectivity index (χ1v) is 18.1. The topological polar surface area (TPSA) is 98.7 Å². The smallest absolute Gasteiger partial charge is 0.330 e. The van der Waals surface area contributed by atoms with Crippen molar-refractivity contribution in [1.29, 1.82) is 0 Å². The van der Waals surface area contributed by atoms with Crippen molar-refractivity contribution < 1.29 is 23.9 Å². The number of unbranched alkanes of at least 4 members (excludes halogenated alkanes) is 1. The number of esters is 1.